The van der Waals surface area contributed by atoms with Gasteiger partial charge in [-0.05, 0) is 55.9 Å². The first kappa shape index (κ1) is 21.9. The van der Waals surface area contributed by atoms with Gasteiger partial charge in [0.25, 0.3) is 5.91 Å². The Bertz CT molecular complexity index is 1170. The van der Waals surface area contributed by atoms with Crippen LogP contribution in [0.5, 0.6) is 5.75 Å². The zero-order valence-electron chi connectivity index (χ0n) is 17.9. The molecule has 4 saturated carbocycles. The maximum absolute atomic E-state index is 12.8. The molecule has 2 aromatic rings. The number of amides is 1. The second kappa shape index (κ2) is 7.21. The number of fused-ring (bicyclic) bond motifs is 1. The molecule has 4 aliphatic carbocycles. The summed E-state index contributed by atoms with van der Waals surface area (Å²) in [4.78, 5) is 25.3. The summed E-state index contributed by atoms with van der Waals surface area (Å²) < 4.78 is 48.5. The summed E-state index contributed by atoms with van der Waals surface area (Å²) in [5.41, 5.74) is 1.05. The number of hydrogen-bond donors (Lipinski definition) is 1. The number of halogens is 4. The van der Waals surface area contributed by atoms with Crippen LogP contribution in [0.3, 0.4) is 0 Å². The Morgan fingerprint density at radius 3 is 2.71 bits per heavy atom. The molecule has 11 heteroatoms. The molecule has 0 spiro atoms. The Kier molecular flexibility index (Phi) is 4.64. The van der Waals surface area contributed by atoms with Crippen LogP contribution >= 0.6 is 11.6 Å². The van der Waals surface area contributed by atoms with Crippen LogP contribution in [0, 0.1) is 0 Å². The number of alkyl halides is 3. The number of nitrogens with one attached hydrogen (secondary N) is 1. The molecule has 1 amide bonds. The van der Waals surface area contributed by atoms with E-state index in [0.717, 1.165) is 24.8 Å². The Labute approximate surface area is 197 Å². The molecule has 7 rings (SSSR count). The van der Waals surface area contributed by atoms with Crippen molar-refractivity contribution in [2.45, 2.75) is 74.1 Å². The van der Waals surface area contributed by atoms with E-state index < -0.39 is 18.6 Å². The first-order valence-corrected chi connectivity index (χ1v) is 11.5. The van der Waals surface area contributed by atoms with Gasteiger partial charge in [0.2, 0.25) is 0 Å². The predicted octanol–water partition coefficient (Wildman–Crippen LogP) is 4.10. The Morgan fingerprint density at radius 1 is 1.26 bits per heavy atom. The van der Waals surface area contributed by atoms with Crippen molar-refractivity contribution in [1.29, 1.82) is 0 Å². The number of nitrogens with zero attached hydrogens (tertiary/aromatic N) is 2. The first-order valence-electron chi connectivity index (χ1n) is 11.1. The van der Waals surface area contributed by atoms with Crippen molar-refractivity contribution in [1.82, 2.24) is 15.1 Å². The highest BCUT2D eigenvalue weighted by atomic mass is 35.5. The van der Waals surface area contributed by atoms with E-state index in [2.05, 4.69) is 15.2 Å². The van der Waals surface area contributed by atoms with E-state index in [-0.39, 0.29) is 47.9 Å². The summed E-state index contributed by atoms with van der Waals surface area (Å²) in [5.74, 6) is -0.117. The average molecular weight is 496 g/mol. The number of ether oxygens (including phenoxy) is 2. The van der Waals surface area contributed by atoms with Gasteiger partial charge in [0, 0.05) is 22.2 Å². The van der Waals surface area contributed by atoms with Crippen molar-refractivity contribution in [2.75, 3.05) is 0 Å². The lowest BCUT2D eigenvalue weighted by Crippen LogP contribution is -2.77. The van der Waals surface area contributed by atoms with Crippen LogP contribution < -0.4 is 10.1 Å². The van der Waals surface area contributed by atoms with Crippen LogP contribution in [0.1, 0.15) is 60.5 Å². The molecule has 34 heavy (non-hydrogen) atoms. The fourth-order valence-electron chi connectivity index (χ4n) is 5.86. The van der Waals surface area contributed by atoms with Gasteiger partial charge < -0.3 is 10.1 Å². The average Bonchev–Trinajstić information content (AvgIpc) is 3.14. The standard InChI is InChI=1S/C23H21ClF3N3O4/c24-13-1-2-18-16(3-13)17(31)6-19(33-18)20(32)29-22-9-21(10-22,11-22)12-7-28-30(8-12)14-4-15(5-14)34-23(25,26)27/h1-3,7-8,14-15,19H,4-6,9-11H2,(H,29,32)/t14-,15+,19-,21?,22?/m1/s1. The number of hydrogen-bond acceptors (Lipinski definition) is 5. The summed E-state index contributed by atoms with van der Waals surface area (Å²) in [6.07, 6.45) is 0.182. The molecular weight excluding hydrogens is 475 g/mol. The van der Waals surface area contributed by atoms with E-state index >= 15 is 0 Å². The van der Waals surface area contributed by atoms with Gasteiger partial charge in [-0.2, -0.15) is 5.10 Å². The highest BCUT2D eigenvalue weighted by Crippen LogP contribution is 2.67. The fourth-order valence-corrected chi connectivity index (χ4v) is 6.03. The number of ketones is 1. The molecule has 1 aromatic heterocycles. The number of rotatable bonds is 5. The van der Waals surface area contributed by atoms with Crippen LogP contribution in [-0.4, -0.2) is 45.6 Å². The van der Waals surface area contributed by atoms with Crippen molar-refractivity contribution < 1.29 is 32.2 Å². The van der Waals surface area contributed by atoms with Crippen LogP contribution in [0.15, 0.2) is 30.6 Å². The zero-order valence-corrected chi connectivity index (χ0v) is 18.7. The van der Waals surface area contributed by atoms with Crippen molar-refractivity contribution >= 4 is 23.3 Å². The number of carbonyl (C=O) groups is 2. The molecule has 1 aliphatic heterocycles. The molecule has 2 heterocycles. The van der Waals surface area contributed by atoms with Gasteiger partial charge in [0.1, 0.15) is 5.75 Å². The molecule has 2 bridgehead atoms. The molecule has 1 N–H and O–H groups in total. The number of Topliss-reactive ketones (excluding diaryl/α,β-unsaturated/α-hetero) is 1. The minimum absolute atomic E-state index is 0.0341. The largest absolute Gasteiger partial charge is 0.522 e. The molecule has 1 aromatic carbocycles. The lowest BCUT2D eigenvalue weighted by molar-refractivity contribution is -0.353. The molecule has 0 saturated heterocycles. The summed E-state index contributed by atoms with van der Waals surface area (Å²) in [7, 11) is 0. The van der Waals surface area contributed by atoms with E-state index in [4.69, 9.17) is 16.3 Å². The smallest absolute Gasteiger partial charge is 0.479 e. The van der Waals surface area contributed by atoms with Gasteiger partial charge in [-0.15, -0.1) is 13.2 Å². The summed E-state index contributed by atoms with van der Waals surface area (Å²) in [6, 6.07) is 4.67. The van der Waals surface area contributed by atoms with Crippen molar-refractivity contribution in [3.63, 3.8) is 0 Å². The molecule has 180 valence electrons. The van der Waals surface area contributed by atoms with Crippen molar-refractivity contribution in [3.05, 3.63) is 46.7 Å². The molecule has 7 nitrogen and oxygen atoms in total. The first-order chi connectivity index (χ1) is 16.0. The lowest BCUT2D eigenvalue weighted by Gasteiger charge is -2.70. The maximum atomic E-state index is 12.8. The lowest BCUT2D eigenvalue weighted by atomic mass is 9.37. The minimum Gasteiger partial charge on any atom is -0.479 e. The topological polar surface area (TPSA) is 82.5 Å². The van der Waals surface area contributed by atoms with Gasteiger partial charge >= 0.3 is 6.36 Å². The summed E-state index contributed by atoms with van der Waals surface area (Å²) >= 11 is 5.94. The van der Waals surface area contributed by atoms with Crippen LogP contribution in [0.4, 0.5) is 13.2 Å². The molecule has 4 fully saturated rings. The highest BCUT2D eigenvalue weighted by Gasteiger charge is 2.69. The quantitative estimate of drug-likeness (QED) is 0.675. The minimum atomic E-state index is -4.61. The maximum Gasteiger partial charge on any atom is 0.522 e. The SMILES string of the molecule is O=C1C[C@H](C(=O)NC23CC(c4cnn([C@H]5C[C@@H](OC(F)(F)F)C5)c4)(C2)C3)Oc2ccc(Cl)cc21. The molecule has 0 unspecified atom stereocenters. The van der Waals surface area contributed by atoms with Crippen LogP contribution in [-0.2, 0) is 14.9 Å². The third-order valence-corrected chi connectivity index (χ3v) is 7.79. The second-order valence-electron chi connectivity index (χ2n) is 9.97. The normalized spacial score (nSPS) is 33.6. The molecule has 0 radical (unpaired) electrons. The Morgan fingerprint density at radius 2 is 2.00 bits per heavy atom. The van der Waals surface area contributed by atoms with E-state index in [1.54, 1.807) is 29.1 Å². The Hall–Kier alpha value is -2.59. The summed E-state index contributed by atoms with van der Waals surface area (Å²) in [5, 5.41) is 7.87. The van der Waals surface area contributed by atoms with Gasteiger partial charge in [-0.25, -0.2) is 0 Å². The predicted molar refractivity (Wildman–Crippen MR) is 113 cm³/mol. The van der Waals surface area contributed by atoms with Gasteiger partial charge in [-0.1, -0.05) is 11.6 Å². The van der Waals surface area contributed by atoms with E-state index in [1.165, 1.54) is 0 Å². The van der Waals surface area contributed by atoms with Gasteiger partial charge in [0.15, 0.2) is 11.9 Å². The molecular formula is C23H21ClF3N3O4. The zero-order chi connectivity index (χ0) is 23.9. The molecule has 5 aliphatic rings. The van der Waals surface area contributed by atoms with Gasteiger partial charge in [-0.3, -0.25) is 19.0 Å². The van der Waals surface area contributed by atoms with Crippen molar-refractivity contribution in [3.8, 4) is 5.75 Å². The monoisotopic (exact) mass is 495 g/mol. The van der Waals surface area contributed by atoms with E-state index in [0.29, 0.717) is 16.3 Å². The van der Waals surface area contributed by atoms with Crippen molar-refractivity contribution in [2.24, 2.45) is 0 Å². The molecule has 1 atom stereocenters. The van der Waals surface area contributed by atoms with Crippen LogP contribution in [0.25, 0.3) is 0 Å². The van der Waals surface area contributed by atoms with E-state index in [1.807, 2.05) is 6.20 Å². The Balaban J connectivity index is 1.03. The fraction of sp³-hybridized carbons (Fsp3) is 0.522. The second-order valence-corrected chi connectivity index (χ2v) is 10.4. The van der Waals surface area contributed by atoms with Gasteiger partial charge in [0.05, 0.1) is 30.3 Å². The number of carbonyl (C=O) groups excluding carboxylic acids is 2. The summed E-state index contributed by atoms with van der Waals surface area (Å²) in [6.45, 7) is 0. The third kappa shape index (κ3) is 3.58. The highest BCUT2D eigenvalue weighted by molar-refractivity contribution is 6.31. The third-order valence-electron chi connectivity index (χ3n) is 7.55. The van der Waals surface area contributed by atoms with Crippen LogP contribution in [0.2, 0.25) is 5.02 Å². The van der Waals surface area contributed by atoms with E-state index in [9.17, 15) is 22.8 Å². The number of benzene rings is 1. The number of aromatic nitrogens is 2.